The zero-order valence-electron chi connectivity index (χ0n) is 14.8. The Morgan fingerprint density at radius 1 is 1.15 bits per heavy atom. The Labute approximate surface area is 151 Å². The van der Waals surface area contributed by atoms with Gasteiger partial charge in [0.15, 0.2) is 5.78 Å². The second kappa shape index (κ2) is 7.31. The Bertz CT molecular complexity index is 931. The van der Waals surface area contributed by atoms with Gasteiger partial charge in [-0.1, -0.05) is 6.07 Å². The maximum atomic E-state index is 12.8. The Kier molecular flexibility index (Phi) is 4.93. The quantitative estimate of drug-likeness (QED) is 0.686. The van der Waals surface area contributed by atoms with Gasteiger partial charge in [-0.05, 0) is 44.2 Å². The number of aromatic hydroxyl groups is 1. The van der Waals surface area contributed by atoms with Crippen molar-refractivity contribution in [2.75, 3.05) is 7.11 Å². The summed E-state index contributed by atoms with van der Waals surface area (Å²) in [5, 5.41) is 14.3. The highest BCUT2D eigenvalue weighted by Gasteiger charge is 2.17. The van der Waals surface area contributed by atoms with Crippen LogP contribution in [-0.2, 0) is 0 Å². The van der Waals surface area contributed by atoms with Gasteiger partial charge in [0.25, 0.3) is 0 Å². The maximum absolute atomic E-state index is 12.8. The first-order valence-electron chi connectivity index (χ1n) is 8.21. The number of nitrogens with zero attached hydrogens (tertiary/aromatic N) is 2. The molecule has 0 atom stereocenters. The molecule has 1 N–H and O–H groups in total. The van der Waals surface area contributed by atoms with Crippen molar-refractivity contribution < 1.29 is 19.4 Å². The van der Waals surface area contributed by atoms with Crippen molar-refractivity contribution in [3.8, 4) is 22.9 Å². The third-order valence-electron chi connectivity index (χ3n) is 3.75. The van der Waals surface area contributed by atoms with Crippen molar-refractivity contribution in [1.29, 1.82) is 0 Å². The second-order valence-electron chi connectivity index (χ2n) is 6.05. The number of aromatic nitrogens is 2. The minimum Gasteiger partial charge on any atom is -0.507 e. The second-order valence-corrected chi connectivity index (χ2v) is 6.05. The van der Waals surface area contributed by atoms with Crippen LogP contribution in [0.15, 0.2) is 54.9 Å². The average molecular weight is 352 g/mol. The van der Waals surface area contributed by atoms with E-state index in [1.54, 1.807) is 30.1 Å². The lowest BCUT2D eigenvalue weighted by molar-refractivity contribution is 0.103. The zero-order valence-corrected chi connectivity index (χ0v) is 14.8. The topological polar surface area (TPSA) is 73.6 Å². The number of carbonyl (C=O) groups excluding carboxylic acids is 1. The van der Waals surface area contributed by atoms with Crippen LogP contribution in [0.3, 0.4) is 0 Å². The number of methoxy groups -OCH3 is 1. The first kappa shape index (κ1) is 17.5. The fourth-order valence-corrected chi connectivity index (χ4v) is 2.53. The first-order chi connectivity index (χ1) is 12.5. The van der Waals surface area contributed by atoms with Gasteiger partial charge in [0.1, 0.15) is 17.2 Å². The molecule has 0 saturated carbocycles. The van der Waals surface area contributed by atoms with E-state index in [1.165, 1.54) is 12.3 Å². The lowest BCUT2D eigenvalue weighted by Gasteiger charge is -2.11. The highest BCUT2D eigenvalue weighted by molar-refractivity contribution is 6.10. The van der Waals surface area contributed by atoms with Gasteiger partial charge in [0.05, 0.1) is 36.2 Å². The van der Waals surface area contributed by atoms with E-state index >= 15 is 0 Å². The largest absolute Gasteiger partial charge is 0.507 e. The van der Waals surface area contributed by atoms with Crippen LogP contribution in [0.4, 0.5) is 0 Å². The van der Waals surface area contributed by atoms with E-state index in [0.717, 1.165) is 5.69 Å². The summed E-state index contributed by atoms with van der Waals surface area (Å²) in [6, 6.07) is 12.0. The molecule has 0 aliphatic heterocycles. The standard InChI is InChI=1S/C20H20N2O4/c1-13(2)26-17-7-8-19(23)18(10-17)20(24)14-11-21-22(12-14)15-5-4-6-16(9-15)25-3/h4-13,23H,1-3H3. The Morgan fingerprint density at radius 3 is 2.69 bits per heavy atom. The van der Waals surface area contributed by atoms with Gasteiger partial charge in [0, 0.05) is 12.3 Å². The highest BCUT2D eigenvalue weighted by Crippen LogP contribution is 2.26. The first-order valence-corrected chi connectivity index (χ1v) is 8.21. The normalized spacial score (nSPS) is 10.8. The maximum Gasteiger partial charge on any atom is 0.200 e. The Hall–Kier alpha value is -3.28. The molecular formula is C20H20N2O4. The Balaban J connectivity index is 1.90. The summed E-state index contributed by atoms with van der Waals surface area (Å²) in [7, 11) is 1.59. The average Bonchev–Trinajstić information content (AvgIpc) is 3.12. The molecule has 134 valence electrons. The molecule has 1 heterocycles. The molecule has 0 aliphatic rings. The number of carbonyl (C=O) groups is 1. The van der Waals surface area contributed by atoms with Crippen molar-refractivity contribution in [1.82, 2.24) is 9.78 Å². The predicted molar refractivity (Wildman–Crippen MR) is 97.4 cm³/mol. The number of phenols is 1. The number of hydrogen-bond donors (Lipinski definition) is 1. The van der Waals surface area contributed by atoms with Crippen LogP contribution in [-0.4, -0.2) is 33.9 Å². The number of ether oxygens (including phenoxy) is 2. The smallest absolute Gasteiger partial charge is 0.200 e. The molecule has 0 fully saturated rings. The minimum atomic E-state index is -0.328. The number of benzene rings is 2. The summed E-state index contributed by atoms with van der Waals surface area (Å²) in [6.07, 6.45) is 3.06. The SMILES string of the molecule is COc1cccc(-n2cc(C(=O)c3cc(OC(C)C)ccc3O)cn2)c1. The predicted octanol–water partition coefficient (Wildman–Crippen LogP) is 3.60. The van der Waals surface area contributed by atoms with E-state index in [9.17, 15) is 9.90 Å². The molecule has 6 heteroatoms. The van der Waals surface area contributed by atoms with Crippen LogP contribution >= 0.6 is 0 Å². The highest BCUT2D eigenvalue weighted by atomic mass is 16.5. The van der Waals surface area contributed by atoms with Gasteiger partial charge in [-0.3, -0.25) is 4.79 Å². The molecule has 0 unspecified atom stereocenters. The summed E-state index contributed by atoms with van der Waals surface area (Å²) >= 11 is 0. The van der Waals surface area contributed by atoms with Crippen LogP contribution < -0.4 is 9.47 Å². The summed E-state index contributed by atoms with van der Waals surface area (Å²) in [5.74, 6) is 0.800. The minimum absolute atomic E-state index is 0.0293. The summed E-state index contributed by atoms with van der Waals surface area (Å²) in [4.78, 5) is 12.8. The molecule has 0 radical (unpaired) electrons. The molecule has 6 nitrogen and oxygen atoms in total. The zero-order chi connectivity index (χ0) is 18.7. The van der Waals surface area contributed by atoms with E-state index in [2.05, 4.69) is 5.10 Å². The Morgan fingerprint density at radius 2 is 1.96 bits per heavy atom. The van der Waals surface area contributed by atoms with Crippen molar-refractivity contribution >= 4 is 5.78 Å². The summed E-state index contributed by atoms with van der Waals surface area (Å²) < 4.78 is 12.4. The lowest BCUT2D eigenvalue weighted by Crippen LogP contribution is -2.07. The van der Waals surface area contributed by atoms with E-state index in [4.69, 9.17) is 9.47 Å². The molecule has 0 amide bonds. The number of phenolic OH excluding ortho intramolecular Hbond substituents is 1. The van der Waals surface area contributed by atoms with E-state index in [0.29, 0.717) is 17.1 Å². The molecule has 0 saturated heterocycles. The number of ketones is 1. The monoisotopic (exact) mass is 352 g/mol. The van der Waals surface area contributed by atoms with Crippen molar-refractivity contribution in [2.45, 2.75) is 20.0 Å². The van der Waals surface area contributed by atoms with Gasteiger partial charge in [-0.25, -0.2) is 4.68 Å². The van der Waals surface area contributed by atoms with E-state index in [-0.39, 0.29) is 23.2 Å². The van der Waals surface area contributed by atoms with Gasteiger partial charge >= 0.3 is 0 Å². The summed E-state index contributed by atoms with van der Waals surface area (Å²) in [6.45, 7) is 3.79. The van der Waals surface area contributed by atoms with Gasteiger partial charge < -0.3 is 14.6 Å². The van der Waals surface area contributed by atoms with Crippen LogP contribution in [0.2, 0.25) is 0 Å². The van der Waals surface area contributed by atoms with Gasteiger partial charge in [-0.2, -0.15) is 5.10 Å². The van der Waals surface area contributed by atoms with Crippen molar-refractivity contribution in [2.24, 2.45) is 0 Å². The molecule has 2 aromatic carbocycles. The molecule has 0 spiro atoms. The molecule has 1 aromatic heterocycles. The van der Waals surface area contributed by atoms with Gasteiger partial charge in [0.2, 0.25) is 0 Å². The fraction of sp³-hybridized carbons (Fsp3) is 0.200. The molecular weight excluding hydrogens is 332 g/mol. The van der Waals surface area contributed by atoms with Crippen LogP contribution in [0.1, 0.15) is 29.8 Å². The fourth-order valence-electron chi connectivity index (χ4n) is 2.53. The lowest BCUT2D eigenvalue weighted by atomic mass is 10.1. The van der Waals surface area contributed by atoms with Crippen LogP contribution in [0, 0.1) is 0 Å². The molecule has 3 rings (SSSR count). The van der Waals surface area contributed by atoms with E-state index < -0.39 is 0 Å². The van der Waals surface area contributed by atoms with Gasteiger partial charge in [-0.15, -0.1) is 0 Å². The van der Waals surface area contributed by atoms with E-state index in [1.807, 2.05) is 38.1 Å². The molecule has 26 heavy (non-hydrogen) atoms. The van der Waals surface area contributed by atoms with Crippen LogP contribution in [0.5, 0.6) is 17.2 Å². The molecule has 3 aromatic rings. The number of rotatable bonds is 6. The molecule has 0 bridgehead atoms. The summed E-state index contributed by atoms with van der Waals surface area (Å²) in [5.41, 5.74) is 1.31. The third-order valence-corrected chi connectivity index (χ3v) is 3.75. The van der Waals surface area contributed by atoms with Crippen molar-refractivity contribution in [3.63, 3.8) is 0 Å². The number of hydrogen-bond acceptors (Lipinski definition) is 5. The third kappa shape index (κ3) is 3.69. The van der Waals surface area contributed by atoms with Crippen LogP contribution in [0.25, 0.3) is 5.69 Å². The molecule has 0 aliphatic carbocycles. The van der Waals surface area contributed by atoms with Crippen molar-refractivity contribution in [3.05, 3.63) is 66.0 Å².